The first-order chi connectivity index (χ1) is 15.1. The van der Waals surface area contributed by atoms with Gasteiger partial charge in [0.2, 0.25) is 10.0 Å². The second-order valence-corrected chi connectivity index (χ2v) is 9.58. The van der Waals surface area contributed by atoms with Crippen LogP contribution in [0.15, 0.2) is 35.2 Å². The lowest BCUT2D eigenvalue weighted by Gasteiger charge is -2.14. The first-order valence-corrected chi connectivity index (χ1v) is 11.5. The molecule has 32 heavy (non-hydrogen) atoms. The van der Waals surface area contributed by atoms with Gasteiger partial charge in [-0.05, 0) is 18.2 Å². The third-order valence-corrected chi connectivity index (χ3v) is 7.54. The van der Waals surface area contributed by atoms with Crippen molar-refractivity contribution in [2.45, 2.75) is 11.8 Å². The molecule has 0 aliphatic heterocycles. The Morgan fingerprint density at radius 3 is 2.47 bits per heavy atom. The zero-order chi connectivity index (χ0) is 23.6. The molecule has 0 aliphatic carbocycles. The third-order valence-electron chi connectivity index (χ3n) is 4.68. The molecule has 3 aromatic rings. The molecule has 1 heterocycles. The standard InChI is InChI=1S/C19H20N4O7S2/c1-5-22(2)32(27,28)11-6-7-13-17(8-11)31-19(20-13)21-18(24)12-9-15(29-3)16(30-4)10-14(12)23(25)26/h6-10H,5H2,1-4H3,(H,20,21,24). The molecule has 0 saturated carbocycles. The minimum absolute atomic E-state index is 0.103. The first kappa shape index (κ1) is 23.4. The van der Waals surface area contributed by atoms with E-state index >= 15 is 0 Å². The Morgan fingerprint density at radius 1 is 1.22 bits per heavy atom. The average molecular weight is 481 g/mol. The van der Waals surface area contributed by atoms with Gasteiger partial charge in [-0.25, -0.2) is 17.7 Å². The lowest BCUT2D eigenvalue weighted by atomic mass is 10.1. The van der Waals surface area contributed by atoms with Crippen molar-refractivity contribution in [3.63, 3.8) is 0 Å². The lowest BCUT2D eigenvalue weighted by Crippen LogP contribution is -2.26. The monoisotopic (exact) mass is 480 g/mol. The molecule has 2 aromatic carbocycles. The highest BCUT2D eigenvalue weighted by atomic mass is 32.2. The summed E-state index contributed by atoms with van der Waals surface area (Å²) in [4.78, 5) is 27.9. The van der Waals surface area contributed by atoms with Crippen LogP contribution in [0.4, 0.5) is 10.8 Å². The summed E-state index contributed by atoms with van der Waals surface area (Å²) in [5, 5.41) is 14.1. The topological polar surface area (TPSA) is 141 Å². The Balaban J connectivity index is 1.96. The van der Waals surface area contributed by atoms with Crippen molar-refractivity contribution in [1.82, 2.24) is 9.29 Å². The summed E-state index contributed by atoms with van der Waals surface area (Å²) >= 11 is 1.05. The van der Waals surface area contributed by atoms with Gasteiger partial charge in [-0.3, -0.25) is 20.2 Å². The summed E-state index contributed by atoms with van der Waals surface area (Å²) in [6.07, 6.45) is 0. The van der Waals surface area contributed by atoms with E-state index in [1.54, 1.807) is 6.92 Å². The van der Waals surface area contributed by atoms with Gasteiger partial charge in [0, 0.05) is 19.7 Å². The summed E-state index contributed by atoms with van der Waals surface area (Å²) in [5.41, 5.74) is -0.220. The molecule has 0 atom stereocenters. The van der Waals surface area contributed by atoms with E-state index < -0.39 is 26.5 Å². The van der Waals surface area contributed by atoms with E-state index in [0.717, 1.165) is 17.4 Å². The molecule has 0 radical (unpaired) electrons. The number of benzene rings is 2. The zero-order valence-corrected chi connectivity index (χ0v) is 19.2. The van der Waals surface area contributed by atoms with Gasteiger partial charge in [0.05, 0.1) is 40.3 Å². The number of nitrogens with zero attached hydrogens (tertiary/aromatic N) is 3. The first-order valence-electron chi connectivity index (χ1n) is 9.21. The number of fused-ring (bicyclic) bond motifs is 1. The van der Waals surface area contributed by atoms with Gasteiger partial charge in [-0.2, -0.15) is 0 Å². The van der Waals surface area contributed by atoms with Crippen LogP contribution in [0.2, 0.25) is 0 Å². The fourth-order valence-corrected chi connectivity index (χ4v) is 5.02. The summed E-state index contributed by atoms with van der Waals surface area (Å²) < 4.78 is 37.0. The van der Waals surface area contributed by atoms with Gasteiger partial charge in [-0.15, -0.1) is 0 Å². The van der Waals surface area contributed by atoms with Crippen molar-refractivity contribution >= 4 is 48.3 Å². The molecule has 1 N–H and O–H groups in total. The largest absolute Gasteiger partial charge is 0.493 e. The molecule has 170 valence electrons. The number of sulfonamides is 1. The number of nitro groups is 1. The smallest absolute Gasteiger partial charge is 0.286 e. The van der Waals surface area contributed by atoms with Crippen LogP contribution in [0, 0.1) is 10.1 Å². The van der Waals surface area contributed by atoms with E-state index in [2.05, 4.69) is 10.3 Å². The van der Waals surface area contributed by atoms with Crippen LogP contribution in [0.5, 0.6) is 11.5 Å². The number of hydrogen-bond acceptors (Lipinski definition) is 9. The molecule has 0 saturated heterocycles. The number of rotatable bonds is 8. The fourth-order valence-electron chi connectivity index (χ4n) is 2.83. The second kappa shape index (κ2) is 9.06. The van der Waals surface area contributed by atoms with Gasteiger partial charge in [-0.1, -0.05) is 18.3 Å². The van der Waals surface area contributed by atoms with Crippen LogP contribution >= 0.6 is 11.3 Å². The Kier molecular flexibility index (Phi) is 6.62. The summed E-state index contributed by atoms with van der Waals surface area (Å²) in [6, 6.07) is 6.77. The number of thiazole rings is 1. The fraction of sp³-hybridized carbons (Fsp3) is 0.263. The molecule has 3 rings (SSSR count). The van der Waals surface area contributed by atoms with Gasteiger partial charge >= 0.3 is 0 Å². The molecule has 11 nitrogen and oxygen atoms in total. The van der Waals surface area contributed by atoms with Crippen molar-refractivity contribution in [2.24, 2.45) is 0 Å². The summed E-state index contributed by atoms with van der Waals surface area (Å²) in [5.74, 6) is -0.501. The van der Waals surface area contributed by atoms with Crippen molar-refractivity contribution in [3.8, 4) is 11.5 Å². The highest BCUT2D eigenvalue weighted by Crippen LogP contribution is 2.35. The third kappa shape index (κ3) is 4.35. The van der Waals surface area contributed by atoms with Gasteiger partial charge in [0.15, 0.2) is 16.6 Å². The van der Waals surface area contributed by atoms with Gasteiger partial charge < -0.3 is 9.47 Å². The van der Waals surface area contributed by atoms with Crippen molar-refractivity contribution in [1.29, 1.82) is 0 Å². The van der Waals surface area contributed by atoms with Crippen LogP contribution in [-0.4, -0.2) is 56.3 Å². The van der Waals surface area contributed by atoms with E-state index in [0.29, 0.717) is 16.8 Å². The average Bonchev–Trinajstić information content (AvgIpc) is 3.18. The zero-order valence-electron chi connectivity index (χ0n) is 17.6. The number of amides is 1. The maximum Gasteiger partial charge on any atom is 0.286 e. The number of carbonyl (C=O) groups excluding carboxylic acids is 1. The lowest BCUT2D eigenvalue weighted by molar-refractivity contribution is -0.385. The minimum atomic E-state index is -3.64. The summed E-state index contributed by atoms with van der Waals surface area (Å²) in [6.45, 7) is 2.04. The molecule has 0 spiro atoms. The van der Waals surface area contributed by atoms with Crippen LogP contribution in [0.1, 0.15) is 17.3 Å². The van der Waals surface area contributed by atoms with E-state index in [1.807, 2.05) is 0 Å². The number of carbonyl (C=O) groups is 1. The molecule has 13 heteroatoms. The van der Waals surface area contributed by atoms with E-state index in [1.165, 1.54) is 49.8 Å². The number of ether oxygens (including phenoxy) is 2. The molecule has 1 aromatic heterocycles. The Morgan fingerprint density at radius 2 is 1.88 bits per heavy atom. The molecule has 0 unspecified atom stereocenters. The minimum Gasteiger partial charge on any atom is -0.493 e. The maximum atomic E-state index is 12.8. The van der Waals surface area contributed by atoms with E-state index in [4.69, 9.17) is 9.47 Å². The predicted octanol–water partition coefficient (Wildman–Crippen LogP) is 3.11. The van der Waals surface area contributed by atoms with E-state index in [-0.39, 0.29) is 27.1 Å². The highest BCUT2D eigenvalue weighted by molar-refractivity contribution is 7.89. The van der Waals surface area contributed by atoms with E-state index in [9.17, 15) is 23.3 Å². The Bertz CT molecular complexity index is 1300. The van der Waals surface area contributed by atoms with Crippen molar-refractivity contribution in [3.05, 3.63) is 46.0 Å². The number of nitro benzene ring substituents is 1. The molecule has 0 fully saturated rings. The SMILES string of the molecule is CCN(C)S(=O)(=O)c1ccc2nc(NC(=O)c3cc(OC)c(OC)cc3[N+](=O)[O-])sc2c1. The Labute approximate surface area is 187 Å². The number of nitrogens with one attached hydrogen (secondary N) is 1. The van der Waals surface area contributed by atoms with Crippen molar-refractivity contribution in [2.75, 3.05) is 33.1 Å². The van der Waals surface area contributed by atoms with Crippen LogP contribution < -0.4 is 14.8 Å². The highest BCUT2D eigenvalue weighted by Gasteiger charge is 2.26. The number of aromatic nitrogens is 1. The molecule has 0 aliphatic rings. The number of hydrogen-bond donors (Lipinski definition) is 1. The van der Waals surface area contributed by atoms with Crippen LogP contribution in [0.25, 0.3) is 10.2 Å². The van der Waals surface area contributed by atoms with Gasteiger partial charge in [0.1, 0.15) is 5.56 Å². The predicted molar refractivity (Wildman–Crippen MR) is 119 cm³/mol. The molecular formula is C19H20N4O7S2. The molecule has 1 amide bonds. The van der Waals surface area contributed by atoms with Crippen LogP contribution in [-0.2, 0) is 10.0 Å². The van der Waals surface area contributed by atoms with Gasteiger partial charge in [0.25, 0.3) is 11.6 Å². The maximum absolute atomic E-state index is 12.8. The number of methoxy groups -OCH3 is 2. The normalized spacial score (nSPS) is 11.5. The molecular weight excluding hydrogens is 460 g/mol. The second-order valence-electron chi connectivity index (χ2n) is 6.50. The quantitative estimate of drug-likeness (QED) is 0.383. The number of anilines is 1. The van der Waals surface area contributed by atoms with Crippen LogP contribution in [0.3, 0.4) is 0 Å². The molecule has 0 bridgehead atoms. The Hall–Kier alpha value is -3.29. The van der Waals surface area contributed by atoms with Crippen molar-refractivity contribution < 1.29 is 27.6 Å². The summed E-state index contributed by atoms with van der Waals surface area (Å²) in [7, 11) is 0.514.